The van der Waals surface area contributed by atoms with Crippen molar-refractivity contribution < 1.29 is 4.79 Å². The SMILES string of the molecule is CC(CC(=O)Nc1ccnn1C(C)C1CC1)C1CCCNC1. The van der Waals surface area contributed by atoms with Crippen LogP contribution in [0.3, 0.4) is 0 Å². The van der Waals surface area contributed by atoms with Crippen molar-refractivity contribution in [2.45, 2.75) is 52.0 Å². The highest BCUT2D eigenvalue weighted by molar-refractivity contribution is 5.90. The predicted molar refractivity (Wildman–Crippen MR) is 87.7 cm³/mol. The monoisotopic (exact) mass is 304 g/mol. The maximum atomic E-state index is 12.4. The Hall–Kier alpha value is -1.36. The van der Waals surface area contributed by atoms with E-state index in [4.69, 9.17) is 0 Å². The molecule has 1 aliphatic heterocycles. The van der Waals surface area contributed by atoms with E-state index in [1.54, 1.807) is 6.20 Å². The fourth-order valence-corrected chi connectivity index (χ4v) is 3.53. The summed E-state index contributed by atoms with van der Waals surface area (Å²) in [5.74, 6) is 2.73. The molecule has 1 saturated carbocycles. The van der Waals surface area contributed by atoms with Gasteiger partial charge < -0.3 is 10.6 Å². The van der Waals surface area contributed by atoms with E-state index in [0.29, 0.717) is 24.3 Å². The van der Waals surface area contributed by atoms with Gasteiger partial charge in [-0.25, -0.2) is 4.68 Å². The Kier molecular flexibility index (Phi) is 4.81. The molecule has 2 heterocycles. The van der Waals surface area contributed by atoms with Gasteiger partial charge in [0.25, 0.3) is 0 Å². The van der Waals surface area contributed by atoms with Gasteiger partial charge in [0.15, 0.2) is 0 Å². The van der Waals surface area contributed by atoms with Crippen LogP contribution in [0, 0.1) is 17.8 Å². The van der Waals surface area contributed by atoms with Crippen LogP contribution >= 0.6 is 0 Å². The van der Waals surface area contributed by atoms with Crippen LogP contribution in [0.4, 0.5) is 5.82 Å². The minimum Gasteiger partial charge on any atom is -0.316 e. The van der Waals surface area contributed by atoms with Gasteiger partial charge in [-0.05, 0) is 63.5 Å². The van der Waals surface area contributed by atoms with Crippen molar-refractivity contribution in [3.05, 3.63) is 12.3 Å². The zero-order valence-corrected chi connectivity index (χ0v) is 13.7. The Morgan fingerprint density at radius 1 is 1.41 bits per heavy atom. The molecule has 5 heteroatoms. The zero-order chi connectivity index (χ0) is 15.5. The molecule has 3 rings (SSSR count). The second-order valence-corrected chi connectivity index (χ2v) is 7.08. The maximum Gasteiger partial charge on any atom is 0.225 e. The lowest BCUT2D eigenvalue weighted by molar-refractivity contribution is -0.117. The molecule has 2 aliphatic rings. The second kappa shape index (κ2) is 6.82. The molecule has 2 N–H and O–H groups in total. The molecule has 22 heavy (non-hydrogen) atoms. The fourth-order valence-electron chi connectivity index (χ4n) is 3.53. The highest BCUT2D eigenvalue weighted by Gasteiger charge is 2.31. The van der Waals surface area contributed by atoms with E-state index < -0.39 is 0 Å². The first-order valence-corrected chi connectivity index (χ1v) is 8.69. The maximum absolute atomic E-state index is 12.4. The minimum atomic E-state index is 0.114. The van der Waals surface area contributed by atoms with Gasteiger partial charge in [0.05, 0.1) is 12.2 Å². The number of nitrogens with one attached hydrogen (secondary N) is 2. The largest absolute Gasteiger partial charge is 0.316 e. The van der Waals surface area contributed by atoms with E-state index >= 15 is 0 Å². The first-order chi connectivity index (χ1) is 10.6. The van der Waals surface area contributed by atoms with Crippen molar-refractivity contribution in [1.29, 1.82) is 0 Å². The summed E-state index contributed by atoms with van der Waals surface area (Å²) in [7, 11) is 0. The third kappa shape index (κ3) is 3.69. The summed E-state index contributed by atoms with van der Waals surface area (Å²) in [6, 6.07) is 2.29. The minimum absolute atomic E-state index is 0.114. The van der Waals surface area contributed by atoms with E-state index in [1.807, 2.05) is 10.7 Å². The highest BCUT2D eigenvalue weighted by Crippen LogP contribution is 2.40. The summed E-state index contributed by atoms with van der Waals surface area (Å²) in [5.41, 5.74) is 0. The standard InChI is InChI=1S/C17H28N4O/c1-12(15-4-3-8-18-11-15)10-17(22)20-16-7-9-19-21(16)13(2)14-5-6-14/h7,9,12-15,18H,3-6,8,10-11H2,1-2H3,(H,20,22). The summed E-state index contributed by atoms with van der Waals surface area (Å²) in [4.78, 5) is 12.4. The Balaban J connectivity index is 1.54. The van der Waals surface area contributed by atoms with Crippen LogP contribution in [-0.4, -0.2) is 28.8 Å². The molecular formula is C17H28N4O. The molecule has 1 amide bonds. The van der Waals surface area contributed by atoms with Crippen molar-refractivity contribution in [3.8, 4) is 0 Å². The third-order valence-electron chi connectivity index (χ3n) is 5.27. The lowest BCUT2D eigenvalue weighted by atomic mass is 9.85. The number of nitrogens with zero attached hydrogens (tertiary/aromatic N) is 2. The summed E-state index contributed by atoms with van der Waals surface area (Å²) in [6.07, 6.45) is 7.39. The molecule has 0 aromatic carbocycles. The van der Waals surface area contributed by atoms with Gasteiger partial charge in [-0.3, -0.25) is 4.79 Å². The summed E-state index contributed by atoms with van der Waals surface area (Å²) in [5, 5.41) is 10.9. The van der Waals surface area contributed by atoms with Crippen molar-refractivity contribution >= 4 is 11.7 Å². The molecule has 1 aliphatic carbocycles. The molecule has 0 radical (unpaired) electrons. The second-order valence-electron chi connectivity index (χ2n) is 7.08. The lowest BCUT2D eigenvalue weighted by Gasteiger charge is -2.28. The average molecular weight is 304 g/mol. The molecule has 1 saturated heterocycles. The van der Waals surface area contributed by atoms with Crippen LogP contribution in [0.2, 0.25) is 0 Å². The fraction of sp³-hybridized carbons (Fsp3) is 0.765. The van der Waals surface area contributed by atoms with Crippen LogP contribution in [0.5, 0.6) is 0 Å². The average Bonchev–Trinajstić information content (AvgIpc) is 3.28. The molecule has 0 spiro atoms. The van der Waals surface area contributed by atoms with Crippen molar-refractivity contribution in [2.75, 3.05) is 18.4 Å². The summed E-state index contributed by atoms with van der Waals surface area (Å²) < 4.78 is 1.97. The highest BCUT2D eigenvalue weighted by atomic mass is 16.1. The molecule has 2 fully saturated rings. The van der Waals surface area contributed by atoms with Gasteiger partial charge in [0.1, 0.15) is 5.82 Å². The number of carbonyl (C=O) groups excluding carboxylic acids is 1. The number of rotatable bonds is 6. The predicted octanol–water partition coefficient (Wildman–Crippen LogP) is 2.82. The molecular weight excluding hydrogens is 276 g/mol. The van der Waals surface area contributed by atoms with Crippen LogP contribution in [0.1, 0.15) is 52.0 Å². The zero-order valence-electron chi connectivity index (χ0n) is 13.7. The van der Waals surface area contributed by atoms with Crippen molar-refractivity contribution in [1.82, 2.24) is 15.1 Å². The summed E-state index contributed by atoms with van der Waals surface area (Å²) in [6.45, 7) is 6.55. The molecule has 122 valence electrons. The summed E-state index contributed by atoms with van der Waals surface area (Å²) >= 11 is 0. The number of hydrogen-bond donors (Lipinski definition) is 2. The molecule has 1 aromatic heterocycles. The normalized spacial score (nSPS) is 24.7. The quantitative estimate of drug-likeness (QED) is 0.849. The smallest absolute Gasteiger partial charge is 0.225 e. The van der Waals surface area contributed by atoms with Gasteiger partial charge in [0, 0.05) is 12.5 Å². The van der Waals surface area contributed by atoms with Gasteiger partial charge in [-0.1, -0.05) is 6.92 Å². The van der Waals surface area contributed by atoms with Crippen LogP contribution in [-0.2, 0) is 4.79 Å². The number of carbonyl (C=O) groups is 1. The van der Waals surface area contributed by atoms with Crippen LogP contribution in [0.25, 0.3) is 0 Å². The lowest BCUT2D eigenvalue weighted by Crippen LogP contribution is -2.34. The molecule has 0 bridgehead atoms. The molecule has 1 aromatic rings. The van der Waals surface area contributed by atoms with Crippen molar-refractivity contribution in [2.24, 2.45) is 17.8 Å². The van der Waals surface area contributed by atoms with Crippen molar-refractivity contribution in [3.63, 3.8) is 0 Å². The van der Waals surface area contributed by atoms with Gasteiger partial charge >= 0.3 is 0 Å². The Labute approximate surface area is 132 Å². The van der Waals surface area contributed by atoms with Gasteiger partial charge in [-0.15, -0.1) is 0 Å². The van der Waals surface area contributed by atoms with Crippen LogP contribution in [0.15, 0.2) is 12.3 Å². The van der Waals surface area contributed by atoms with E-state index in [1.165, 1.54) is 25.7 Å². The Morgan fingerprint density at radius 3 is 2.91 bits per heavy atom. The number of amides is 1. The van der Waals surface area contributed by atoms with E-state index in [2.05, 4.69) is 29.6 Å². The topological polar surface area (TPSA) is 59.0 Å². The van der Waals surface area contributed by atoms with Gasteiger partial charge in [-0.2, -0.15) is 5.10 Å². The Morgan fingerprint density at radius 2 is 2.23 bits per heavy atom. The van der Waals surface area contributed by atoms with E-state index in [9.17, 15) is 4.79 Å². The molecule has 5 nitrogen and oxygen atoms in total. The first-order valence-electron chi connectivity index (χ1n) is 8.69. The first kappa shape index (κ1) is 15.5. The number of anilines is 1. The van der Waals surface area contributed by atoms with E-state index in [-0.39, 0.29) is 5.91 Å². The van der Waals surface area contributed by atoms with E-state index in [0.717, 1.165) is 24.8 Å². The third-order valence-corrected chi connectivity index (χ3v) is 5.27. The van der Waals surface area contributed by atoms with Gasteiger partial charge in [0.2, 0.25) is 5.91 Å². The molecule has 3 unspecified atom stereocenters. The number of hydrogen-bond acceptors (Lipinski definition) is 3. The Bertz CT molecular complexity index is 503. The number of aromatic nitrogens is 2. The van der Waals surface area contributed by atoms with Crippen LogP contribution < -0.4 is 10.6 Å². The molecule has 3 atom stereocenters. The number of piperidine rings is 1.